The van der Waals surface area contributed by atoms with E-state index >= 15 is 0 Å². The van der Waals surface area contributed by atoms with Gasteiger partial charge in [-0.15, -0.1) is 0 Å². The van der Waals surface area contributed by atoms with Gasteiger partial charge in [0.2, 0.25) is 9.84 Å². The number of halogens is 6. The van der Waals surface area contributed by atoms with E-state index < -0.39 is 43.9 Å². The van der Waals surface area contributed by atoms with Crippen molar-refractivity contribution >= 4 is 26.3 Å². The molecule has 0 unspecified atom stereocenters. The highest BCUT2D eigenvalue weighted by molar-refractivity contribution is 7.95. The maximum absolute atomic E-state index is 13.0. The summed E-state index contributed by atoms with van der Waals surface area (Å²) in [4.78, 5) is -1.15. The van der Waals surface area contributed by atoms with Gasteiger partial charge in [0.1, 0.15) is 6.07 Å². The summed E-state index contributed by atoms with van der Waals surface area (Å²) in [7, 11) is -4.40. The van der Waals surface area contributed by atoms with Crippen LogP contribution in [0.25, 0.3) is 10.8 Å². The molecule has 1 N–H and O–H groups in total. The number of sulfone groups is 1. The van der Waals surface area contributed by atoms with Crippen LogP contribution >= 0.6 is 0 Å². The molecule has 0 atom stereocenters. The molecule has 166 valence electrons. The van der Waals surface area contributed by atoms with Gasteiger partial charge in [-0.25, -0.2) is 8.42 Å². The van der Waals surface area contributed by atoms with Gasteiger partial charge in [0, 0.05) is 11.9 Å². The van der Waals surface area contributed by atoms with Gasteiger partial charge in [0.25, 0.3) is 0 Å². The van der Waals surface area contributed by atoms with Crippen LogP contribution in [0.1, 0.15) is 11.1 Å². The predicted molar refractivity (Wildman–Crippen MR) is 105 cm³/mol. The maximum Gasteiger partial charge on any atom is 0.416 e. The van der Waals surface area contributed by atoms with Gasteiger partial charge in [-0.2, -0.15) is 31.6 Å². The van der Waals surface area contributed by atoms with Crippen LogP contribution in [-0.2, 0) is 22.2 Å². The Labute approximate surface area is 178 Å². The van der Waals surface area contributed by atoms with Gasteiger partial charge in [0.15, 0.2) is 4.91 Å². The molecule has 0 aliphatic heterocycles. The number of anilines is 1. The van der Waals surface area contributed by atoms with Crippen molar-refractivity contribution in [2.75, 3.05) is 5.32 Å². The Bertz CT molecular complexity index is 1320. The second-order valence-electron chi connectivity index (χ2n) is 6.57. The minimum atomic E-state index is -5.07. The molecule has 0 aromatic heterocycles. The van der Waals surface area contributed by atoms with Crippen LogP contribution in [0.5, 0.6) is 0 Å². The first-order valence-electron chi connectivity index (χ1n) is 8.72. The minimum absolute atomic E-state index is 0.0636. The Morgan fingerprint density at radius 3 is 1.94 bits per heavy atom. The number of benzene rings is 3. The Hall–Kier alpha value is -3.52. The molecule has 3 rings (SSSR count). The van der Waals surface area contributed by atoms with Gasteiger partial charge in [-0.1, -0.05) is 30.3 Å². The van der Waals surface area contributed by atoms with Crippen molar-refractivity contribution in [3.8, 4) is 6.07 Å². The van der Waals surface area contributed by atoms with Crippen LogP contribution in [0.4, 0.5) is 32.0 Å². The first-order chi connectivity index (χ1) is 14.8. The summed E-state index contributed by atoms with van der Waals surface area (Å²) in [5, 5.41) is 12.6. The Kier molecular flexibility index (Phi) is 5.93. The van der Waals surface area contributed by atoms with E-state index in [-0.39, 0.29) is 11.0 Å². The fraction of sp³-hybridized carbons (Fsp3) is 0.0952. The first-order valence-corrected chi connectivity index (χ1v) is 10.2. The summed E-state index contributed by atoms with van der Waals surface area (Å²) in [6, 6.07) is 13.0. The summed E-state index contributed by atoms with van der Waals surface area (Å²) < 4.78 is 103. The molecule has 0 bridgehead atoms. The fourth-order valence-corrected chi connectivity index (χ4v) is 3.94. The fourth-order valence-electron chi connectivity index (χ4n) is 2.82. The summed E-state index contributed by atoms with van der Waals surface area (Å²) in [5.41, 5.74) is -3.85. The second-order valence-corrected chi connectivity index (χ2v) is 8.49. The van der Waals surface area contributed by atoms with E-state index in [1.165, 1.54) is 24.3 Å². The minimum Gasteiger partial charge on any atom is -0.360 e. The average Bonchev–Trinajstić information content (AvgIpc) is 2.72. The third-order valence-electron chi connectivity index (χ3n) is 4.39. The molecule has 0 aliphatic carbocycles. The van der Waals surface area contributed by atoms with Crippen molar-refractivity contribution in [3.05, 3.63) is 82.9 Å². The standard InChI is InChI=1S/C21H12F6N2O2S/c22-20(23,24)15-8-16(21(25,26)27)10-17(9-15)29-12-19(11-28)32(30,31)18-6-5-13-3-1-2-4-14(13)7-18/h1-10,12,29H. The predicted octanol–water partition coefficient (Wildman–Crippen LogP) is 6.13. The van der Waals surface area contributed by atoms with E-state index in [0.29, 0.717) is 23.7 Å². The largest absolute Gasteiger partial charge is 0.416 e. The molecule has 4 nitrogen and oxygen atoms in total. The number of fused-ring (bicyclic) bond motifs is 1. The molecule has 0 saturated carbocycles. The highest BCUT2D eigenvalue weighted by atomic mass is 32.2. The van der Waals surface area contributed by atoms with Gasteiger partial charge in [-0.05, 0) is 41.1 Å². The highest BCUT2D eigenvalue weighted by Gasteiger charge is 2.37. The van der Waals surface area contributed by atoms with Gasteiger partial charge in [0.05, 0.1) is 16.0 Å². The van der Waals surface area contributed by atoms with E-state index in [9.17, 15) is 40.0 Å². The second kappa shape index (κ2) is 8.20. The van der Waals surface area contributed by atoms with Crippen LogP contribution < -0.4 is 5.32 Å². The SMILES string of the molecule is N#CC(=CNc1cc(C(F)(F)F)cc(C(F)(F)F)c1)S(=O)(=O)c1ccc2ccccc2c1. The lowest BCUT2D eigenvalue weighted by Gasteiger charge is -2.14. The van der Waals surface area contributed by atoms with Crippen LogP contribution in [-0.4, -0.2) is 8.42 Å². The van der Waals surface area contributed by atoms with E-state index in [4.69, 9.17) is 0 Å². The molecule has 0 spiro atoms. The molecule has 11 heteroatoms. The number of nitriles is 1. The van der Waals surface area contributed by atoms with Crippen molar-refractivity contribution in [1.29, 1.82) is 5.26 Å². The molecule has 3 aromatic carbocycles. The van der Waals surface area contributed by atoms with E-state index in [1.807, 2.05) is 0 Å². The number of nitrogens with zero attached hydrogens (tertiary/aromatic N) is 1. The zero-order valence-corrected chi connectivity index (χ0v) is 16.6. The van der Waals surface area contributed by atoms with E-state index in [0.717, 1.165) is 5.39 Å². The van der Waals surface area contributed by atoms with Gasteiger partial charge >= 0.3 is 12.4 Å². The Balaban J connectivity index is 2.02. The zero-order chi connectivity index (χ0) is 23.7. The third kappa shape index (κ3) is 4.86. The highest BCUT2D eigenvalue weighted by Crippen LogP contribution is 2.37. The number of alkyl halides is 6. The summed E-state index contributed by atoms with van der Waals surface area (Å²) >= 11 is 0. The molecule has 0 amide bonds. The van der Waals surface area contributed by atoms with E-state index in [2.05, 4.69) is 5.32 Å². The smallest absolute Gasteiger partial charge is 0.360 e. The average molecular weight is 470 g/mol. The Morgan fingerprint density at radius 1 is 0.844 bits per heavy atom. The monoisotopic (exact) mass is 470 g/mol. The van der Waals surface area contributed by atoms with Crippen LogP contribution in [0.3, 0.4) is 0 Å². The number of hydrogen-bond donors (Lipinski definition) is 1. The van der Waals surface area contributed by atoms with Crippen LogP contribution in [0.2, 0.25) is 0 Å². The molecule has 0 aliphatic rings. The van der Waals surface area contributed by atoms with Crippen molar-refractivity contribution in [2.24, 2.45) is 0 Å². The van der Waals surface area contributed by atoms with Crippen LogP contribution in [0, 0.1) is 11.3 Å². The molecular weight excluding hydrogens is 458 g/mol. The van der Waals surface area contributed by atoms with Crippen molar-refractivity contribution in [1.82, 2.24) is 0 Å². The Morgan fingerprint density at radius 2 is 1.41 bits per heavy atom. The normalized spacial score (nSPS) is 13.1. The zero-order valence-electron chi connectivity index (χ0n) is 15.8. The van der Waals surface area contributed by atoms with Crippen molar-refractivity contribution in [3.63, 3.8) is 0 Å². The molecule has 0 radical (unpaired) electrons. The van der Waals surface area contributed by atoms with Crippen molar-refractivity contribution in [2.45, 2.75) is 17.2 Å². The number of allylic oxidation sites excluding steroid dienone is 1. The quantitative estimate of drug-likeness (QED) is 0.368. The summed E-state index contributed by atoms with van der Waals surface area (Å²) in [6.45, 7) is 0. The molecule has 0 saturated heterocycles. The number of rotatable bonds is 4. The lowest BCUT2D eigenvalue weighted by Crippen LogP contribution is -2.12. The van der Waals surface area contributed by atoms with E-state index in [1.54, 1.807) is 24.3 Å². The topological polar surface area (TPSA) is 70.0 Å². The van der Waals surface area contributed by atoms with Crippen LogP contribution in [0.15, 0.2) is 76.7 Å². The molecule has 0 fully saturated rings. The maximum atomic E-state index is 13.0. The molecular formula is C21H12F6N2O2S. The molecule has 0 heterocycles. The molecule has 3 aromatic rings. The molecule has 32 heavy (non-hydrogen) atoms. The van der Waals surface area contributed by atoms with Gasteiger partial charge < -0.3 is 5.32 Å². The third-order valence-corrected chi connectivity index (χ3v) is 6.05. The lowest BCUT2D eigenvalue weighted by molar-refractivity contribution is -0.143. The van der Waals surface area contributed by atoms with Crippen molar-refractivity contribution < 1.29 is 34.8 Å². The first kappa shape index (κ1) is 23.1. The van der Waals surface area contributed by atoms with Gasteiger partial charge in [-0.3, -0.25) is 0 Å². The lowest BCUT2D eigenvalue weighted by atomic mass is 10.1. The number of hydrogen-bond acceptors (Lipinski definition) is 4. The summed E-state index contributed by atoms with van der Waals surface area (Å²) in [6.07, 6.45) is -9.59. The number of nitrogens with one attached hydrogen (secondary N) is 1. The summed E-state index contributed by atoms with van der Waals surface area (Å²) in [5.74, 6) is 0.